The van der Waals surface area contributed by atoms with E-state index in [2.05, 4.69) is 31.5 Å². The van der Waals surface area contributed by atoms with Crippen LogP contribution < -0.4 is 5.32 Å². The first-order valence-corrected chi connectivity index (χ1v) is 6.01. The van der Waals surface area contributed by atoms with Gasteiger partial charge in [-0.2, -0.15) is 4.39 Å². The van der Waals surface area contributed by atoms with Crippen LogP contribution in [0.4, 0.5) is 8.78 Å². The van der Waals surface area contributed by atoms with Crippen molar-refractivity contribution in [2.75, 3.05) is 6.54 Å². The Balaban J connectivity index is 2.65. The molecule has 0 radical (unpaired) electrons. The lowest BCUT2D eigenvalue weighted by molar-refractivity contribution is 0.610. The molecule has 0 aromatic carbocycles. The van der Waals surface area contributed by atoms with Crippen molar-refractivity contribution in [2.24, 2.45) is 5.92 Å². The van der Waals surface area contributed by atoms with Crippen LogP contribution in [0.3, 0.4) is 0 Å². The summed E-state index contributed by atoms with van der Waals surface area (Å²) in [6.07, 6.45) is 3.45. The Labute approximate surface area is 107 Å². The molecule has 0 saturated carbocycles. The minimum atomic E-state index is -0.553. The number of nitrogens with one attached hydrogen (secondary N) is 1. The summed E-state index contributed by atoms with van der Waals surface area (Å²) in [6, 6.07) is 0. The molecule has 0 aromatic heterocycles. The maximum atomic E-state index is 13.5. The molecular formula is C15H19F2N. The van der Waals surface area contributed by atoms with E-state index in [0.717, 1.165) is 12.1 Å². The molecular weight excluding hydrogens is 232 g/mol. The predicted octanol–water partition coefficient (Wildman–Crippen LogP) is 4.33. The van der Waals surface area contributed by atoms with Gasteiger partial charge in [0.15, 0.2) is 5.83 Å². The number of allylic oxidation sites excluding steroid dienone is 4. The van der Waals surface area contributed by atoms with Crippen LogP contribution in [0.25, 0.3) is 0 Å². The maximum Gasteiger partial charge on any atom is 0.166 e. The summed E-state index contributed by atoms with van der Waals surface area (Å²) in [6.45, 7) is 9.92. The second kappa shape index (κ2) is 6.36. The zero-order valence-corrected chi connectivity index (χ0v) is 11.1. The third kappa shape index (κ3) is 4.72. The second-order valence-electron chi connectivity index (χ2n) is 4.86. The topological polar surface area (TPSA) is 12.0 Å². The molecule has 0 fully saturated rings. The molecule has 0 amide bonds. The first-order valence-electron chi connectivity index (χ1n) is 6.01. The number of hydrogen-bond acceptors (Lipinski definition) is 1. The summed E-state index contributed by atoms with van der Waals surface area (Å²) in [5.41, 5.74) is 3.93. The molecule has 0 atom stereocenters. The van der Waals surface area contributed by atoms with E-state index in [1.165, 1.54) is 19.1 Å². The average molecular weight is 251 g/mol. The zero-order valence-electron chi connectivity index (χ0n) is 11.1. The Kier molecular flexibility index (Phi) is 5.11. The number of hydrogen-bond donors (Lipinski definition) is 1. The molecule has 0 saturated heterocycles. The zero-order chi connectivity index (χ0) is 13.7. The minimum absolute atomic E-state index is 0.180. The monoisotopic (exact) mass is 251 g/mol. The lowest BCUT2D eigenvalue weighted by atomic mass is 10.1. The van der Waals surface area contributed by atoms with Crippen molar-refractivity contribution < 1.29 is 8.78 Å². The summed E-state index contributed by atoms with van der Waals surface area (Å²) in [5, 5.41) is 3.08. The van der Waals surface area contributed by atoms with Crippen molar-refractivity contribution in [3.8, 4) is 0 Å². The molecule has 0 bridgehead atoms. The lowest BCUT2D eigenvalue weighted by Crippen LogP contribution is -2.16. The van der Waals surface area contributed by atoms with E-state index in [0.29, 0.717) is 18.0 Å². The molecule has 98 valence electrons. The Morgan fingerprint density at radius 1 is 1.39 bits per heavy atom. The van der Waals surface area contributed by atoms with Crippen molar-refractivity contribution >= 4 is 0 Å². The Morgan fingerprint density at radius 3 is 2.67 bits per heavy atom. The van der Waals surface area contributed by atoms with Gasteiger partial charge >= 0.3 is 0 Å². The van der Waals surface area contributed by atoms with E-state index in [4.69, 9.17) is 0 Å². The van der Waals surface area contributed by atoms with Gasteiger partial charge in [0.1, 0.15) is 5.83 Å². The van der Waals surface area contributed by atoms with Crippen LogP contribution in [0.5, 0.6) is 0 Å². The van der Waals surface area contributed by atoms with Crippen LogP contribution in [0.1, 0.15) is 27.2 Å². The highest BCUT2D eigenvalue weighted by atomic mass is 19.1. The summed E-state index contributed by atoms with van der Waals surface area (Å²) in [5.74, 6) is -0.506. The fourth-order valence-corrected chi connectivity index (χ4v) is 1.64. The van der Waals surface area contributed by atoms with E-state index < -0.39 is 11.7 Å². The number of rotatable bonds is 5. The molecule has 1 N–H and O–H groups in total. The van der Waals surface area contributed by atoms with Gasteiger partial charge in [0.2, 0.25) is 0 Å². The van der Waals surface area contributed by atoms with Gasteiger partial charge in [0, 0.05) is 17.8 Å². The molecule has 1 aliphatic rings. The van der Waals surface area contributed by atoms with E-state index in [9.17, 15) is 8.78 Å². The third-order valence-electron chi connectivity index (χ3n) is 2.49. The Morgan fingerprint density at radius 2 is 2.06 bits per heavy atom. The first-order chi connectivity index (χ1) is 8.38. The largest absolute Gasteiger partial charge is 0.385 e. The van der Waals surface area contributed by atoms with Gasteiger partial charge in [-0.1, -0.05) is 26.2 Å². The van der Waals surface area contributed by atoms with Gasteiger partial charge in [-0.15, -0.1) is 0 Å². The van der Waals surface area contributed by atoms with Crippen LogP contribution in [0, 0.1) is 5.92 Å². The predicted molar refractivity (Wildman–Crippen MR) is 71.2 cm³/mol. The summed E-state index contributed by atoms with van der Waals surface area (Å²) in [7, 11) is 0. The van der Waals surface area contributed by atoms with Crippen molar-refractivity contribution in [2.45, 2.75) is 27.2 Å². The molecule has 3 heteroatoms. The standard InChI is InChI=1S/C15H19F2N/c1-10(2)5-12(4)18-9-13-7-14(16)6-11(3)15(17)8-13/h7-8,10,18H,4-5,9H2,1-3H3. The van der Waals surface area contributed by atoms with Crippen LogP contribution in [0.15, 0.2) is 53.0 Å². The first kappa shape index (κ1) is 14.5. The van der Waals surface area contributed by atoms with Crippen molar-refractivity contribution in [3.63, 3.8) is 0 Å². The van der Waals surface area contributed by atoms with Crippen molar-refractivity contribution in [1.82, 2.24) is 5.32 Å². The molecule has 1 rings (SSSR count). The highest BCUT2D eigenvalue weighted by molar-refractivity contribution is 5.39. The fourth-order valence-electron chi connectivity index (χ4n) is 1.64. The quantitative estimate of drug-likeness (QED) is 0.717. The molecule has 1 aliphatic carbocycles. The average Bonchev–Trinajstić information content (AvgIpc) is 2.35. The van der Waals surface area contributed by atoms with E-state index in [-0.39, 0.29) is 5.57 Å². The molecule has 0 heterocycles. The van der Waals surface area contributed by atoms with Gasteiger partial charge in [0.05, 0.1) is 0 Å². The van der Waals surface area contributed by atoms with Gasteiger partial charge in [-0.25, -0.2) is 4.39 Å². The van der Waals surface area contributed by atoms with Gasteiger partial charge in [-0.05, 0) is 37.0 Å². The molecule has 1 nitrogen and oxygen atoms in total. The normalized spacial score (nSPS) is 15.4. The maximum absolute atomic E-state index is 13.5. The third-order valence-corrected chi connectivity index (χ3v) is 2.49. The summed E-state index contributed by atoms with van der Waals surface area (Å²) < 4.78 is 26.8. The smallest absolute Gasteiger partial charge is 0.166 e. The summed E-state index contributed by atoms with van der Waals surface area (Å²) >= 11 is 0. The van der Waals surface area contributed by atoms with E-state index in [1.807, 2.05) is 0 Å². The fraction of sp³-hybridized carbons (Fsp3) is 0.400. The SMILES string of the molecule is C=C(CC(C)C)NCC1=CC(F)=C=C(C)C(F)=C1. The van der Waals surface area contributed by atoms with Gasteiger partial charge in [-0.3, -0.25) is 0 Å². The second-order valence-corrected chi connectivity index (χ2v) is 4.86. The highest BCUT2D eigenvalue weighted by Crippen LogP contribution is 2.19. The van der Waals surface area contributed by atoms with Crippen LogP contribution in [-0.4, -0.2) is 6.54 Å². The Hall–Kier alpha value is -1.60. The molecule has 0 unspecified atom stereocenters. The van der Waals surface area contributed by atoms with Crippen molar-refractivity contribution in [3.05, 3.63) is 53.0 Å². The molecule has 0 aromatic rings. The lowest BCUT2D eigenvalue weighted by Gasteiger charge is -2.12. The van der Waals surface area contributed by atoms with Crippen LogP contribution >= 0.6 is 0 Å². The minimum Gasteiger partial charge on any atom is -0.385 e. The highest BCUT2D eigenvalue weighted by Gasteiger charge is 2.07. The number of halogens is 2. The molecule has 18 heavy (non-hydrogen) atoms. The van der Waals surface area contributed by atoms with Gasteiger partial charge in [0.25, 0.3) is 0 Å². The summed E-state index contributed by atoms with van der Waals surface area (Å²) in [4.78, 5) is 0. The van der Waals surface area contributed by atoms with Crippen LogP contribution in [0.2, 0.25) is 0 Å². The van der Waals surface area contributed by atoms with Crippen molar-refractivity contribution in [1.29, 1.82) is 0 Å². The van der Waals surface area contributed by atoms with Gasteiger partial charge < -0.3 is 5.32 Å². The molecule has 0 aliphatic heterocycles. The van der Waals surface area contributed by atoms with E-state index >= 15 is 0 Å². The van der Waals surface area contributed by atoms with E-state index in [1.54, 1.807) is 0 Å². The van der Waals surface area contributed by atoms with Crippen LogP contribution in [-0.2, 0) is 0 Å². The molecule has 0 spiro atoms. The Bertz CT molecular complexity index is 461.